The molecule has 0 atom stereocenters. The van der Waals surface area contributed by atoms with Gasteiger partial charge in [-0.15, -0.1) is 0 Å². The highest BCUT2D eigenvalue weighted by molar-refractivity contribution is 6.33. The van der Waals surface area contributed by atoms with Gasteiger partial charge in [-0.3, -0.25) is 4.79 Å². The molecule has 122 valence electrons. The highest BCUT2D eigenvalue weighted by Gasteiger charge is 2.26. The van der Waals surface area contributed by atoms with Gasteiger partial charge in [0.25, 0.3) is 5.91 Å². The van der Waals surface area contributed by atoms with Crippen molar-refractivity contribution in [1.29, 1.82) is 0 Å². The number of hydrogen-bond acceptors (Lipinski definition) is 4. The maximum Gasteiger partial charge on any atom is 0.257 e. The largest absolute Gasteiger partial charge is 0.496 e. The first kappa shape index (κ1) is 16.9. The van der Waals surface area contributed by atoms with E-state index in [9.17, 15) is 4.79 Å². The first-order chi connectivity index (χ1) is 10.4. The molecule has 1 saturated heterocycles. The summed E-state index contributed by atoms with van der Waals surface area (Å²) in [5.41, 5.74) is 6.66. The zero-order chi connectivity index (χ0) is 16.3. The van der Waals surface area contributed by atoms with Gasteiger partial charge < -0.3 is 20.3 Å². The number of benzene rings is 1. The molecule has 0 aliphatic carbocycles. The molecule has 1 heterocycles. The van der Waals surface area contributed by atoms with Crippen molar-refractivity contribution in [2.24, 2.45) is 5.92 Å². The molecule has 0 spiro atoms. The van der Waals surface area contributed by atoms with Gasteiger partial charge in [0.15, 0.2) is 0 Å². The third-order valence-corrected chi connectivity index (χ3v) is 4.40. The van der Waals surface area contributed by atoms with Crippen LogP contribution in [-0.2, 0) is 0 Å². The van der Waals surface area contributed by atoms with E-state index >= 15 is 0 Å². The summed E-state index contributed by atoms with van der Waals surface area (Å²) in [6.07, 6.45) is 2.05. The van der Waals surface area contributed by atoms with Gasteiger partial charge in [0.1, 0.15) is 5.75 Å². The molecule has 1 aromatic rings. The van der Waals surface area contributed by atoms with Crippen molar-refractivity contribution in [3.8, 4) is 5.75 Å². The Balaban J connectivity index is 2.08. The summed E-state index contributed by atoms with van der Waals surface area (Å²) in [7, 11) is 5.69. The molecule has 6 heteroatoms. The van der Waals surface area contributed by atoms with Gasteiger partial charge in [-0.25, -0.2) is 0 Å². The van der Waals surface area contributed by atoms with Crippen LogP contribution < -0.4 is 10.5 Å². The molecule has 2 rings (SSSR count). The van der Waals surface area contributed by atoms with Crippen molar-refractivity contribution in [2.75, 3.05) is 46.6 Å². The van der Waals surface area contributed by atoms with Crippen LogP contribution in [0.15, 0.2) is 12.1 Å². The van der Waals surface area contributed by atoms with Crippen molar-refractivity contribution >= 4 is 23.2 Å². The molecule has 22 heavy (non-hydrogen) atoms. The smallest absolute Gasteiger partial charge is 0.257 e. The van der Waals surface area contributed by atoms with Crippen LogP contribution in [0.5, 0.6) is 5.75 Å². The maximum absolute atomic E-state index is 12.7. The van der Waals surface area contributed by atoms with E-state index in [4.69, 9.17) is 22.1 Å². The standard InChI is InChI=1S/C16H24ClN3O2/c1-19(2)10-11-4-6-20(7-5-11)16(21)12-8-13(17)14(18)9-15(12)22-3/h8-9,11H,4-7,10,18H2,1-3H3. The Hall–Kier alpha value is -1.46. The molecule has 0 radical (unpaired) electrons. The normalized spacial score (nSPS) is 16.1. The molecule has 2 N–H and O–H groups in total. The van der Waals surface area contributed by atoms with Crippen molar-refractivity contribution in [1.82, 2.24) is 9.80 Å². The summed E-state index contributed by atoms with van der Waals surface area (Å²) in [5.74, 6) is 1.08. The molecule has 1 amide bonds. The van der Waals surface area contributed by atoms with Crippen LogP contribution in [0, 0.1) is 5.92 Å². The third kappa shape index (κ3) is 3.84. The Morgan fingerprint density at radius 2 is 2.05 bits per heavy atom. The molecule has 0 saturated carbocycles. The zero-order valence-electron chi connectivity index (χ0n) is 13.4. The number of amides is 1. The van der Waals surface area contributed by atoms with E-state index in [1.165, 1.54) is 7.11 Å². The highest BCUT2D eigenvalue weighted by Crippen LogP contribution is 2.30. The topological polar surface area (TPSA) is 58.8 Å². The van der Waals surface area contributed by atoms with E-state index in [2.05, 4.69) is 19.0 Å². The number of anilines is 1. The second kappa shape index (κ2) is 7.20. The lowest BCUT2D eigenvalue weighted by atomic mass is 9.96. The quantitative estimate of drug-likeness (QED) is 0.863. The summed E-state index contributed by atoms with van der Waals surface area (Å²) < 4.78 is 5.27. The average Bonchev–Trinajstić information content (AvgIpc) is 2.49. The number of rotatable bonds is 4. The lowest BCUT2D eigenvalue weighted by Crippen LogP contribution is -2.40. The van der Waals surface area contributed by atoms with Gasteiger partial charge >= 0.3 is 0 Å². The number of piperidine rings is 1. The minimum Gasteiger partial charge on any atom is -0.496 e. The molecule has 0 aromatic heterocycles. The zero-order valence-corrected chi connectivity index (χ0v) is 14.2. The number of likely N-dealkylation sites (tertiary alicyclic amines) is 1. The van der Waals surface area contributed by atoms with Crippen molar-refractivity contribution in [2.45, 2.75) is 12.8 Å². The van der Waals surface area contributed by atoms with E-state index in [1.807, 2.05) is 4.90 Å². The molecule has 0 unspecified atom stereocenters. The fourth-order valence-electron chi connectivity index (χ4n) is 2.91. The SMILES string of the molecule is COc1cc(N)c(Cl)cc1C(=O)N1CCC(CN(C)C)CC1. The number of nitrogens with two attached hydrogens (primary N) is 1. The molecule has 5 nitrogen and oxygen atoms in total. The Labute approximate surface area is 137 Å². The lowest BCUT2D eigenvalue weighted by molar-refractivity contribution is 0.0675. The van der Waals surface area contributed by atoms with Crippen LogP contribution >= 0.6 is 11.6 Å². The molecular formula is C16H24ClN3O2. The van der Waals surface area contributed by atoms with Crippen LogP contribution in [0.4, 0.5) is 5.69 Å². The average molecular weight is 326 g/mol. The Morgan fingerprint density at radius 3 is 2.59 bits per heavy atom. The van der Waals surface area contributed by atoms with Crippen LogP contribution in [0.2, 0.25) is 5.02 Å². The van der Waals surface area contributed by atoms with Crippen LogP contribution in [0.3, 0.4) is 0 Å². The lowest BCUT2D eigenvalue weighted by Gasteiger charge is -2.33. The number of carbonyl (C=O) groups excluding carboxylic acids is 1. The number of nitrogens with zero attached hydrogens (tertiary/aromatic N) is 2. The Bertz CT molecular complexity index is 540. The fourth-order valence-corrected chi connectivity index (χ4v) is 3.07. The summed E-state index contributed by atoms with van der Waals surface area (Å²) in [4.78, 5) is 16.8. The predicted molar refractivity (Wildman–Crippen MR) is 89.6 cm³/mol. The molecular weight excluding hydrogens is 302 g/mol. The van der Waals surface area contributed by atoms with Crippen molar-refractivity contribution in [3.63, 3.8) is 0 Å². The Morgan fingerprint density at radius 1 is 1.41 bits per heavy atom. The monoisotopic (exact) mass is 325 g/mol. The molecule has 1 aromatic carbocycles. The third-order valence-electron chi connectivity index (χ3n) is 4.07. The number of hydrogen-bond donors (Lipinski definition) is 1. The first-order valence-corrected chi connectivity index (χ1v) is 7.87. The minimum absolute atomic E-state index is 0.0398. The summed E-state index contributed by atoms with van der Waals surface area (Å²) >= 11 is 6.05. The Kier molecular flexibility index (Phi) is 5.53. The van der Waals surface area contributed by atoms with Gasteiger partial charge in [-0.1, -0.05) is 11.6 Å². The van der Waals surface area contributed by atoms with Crippen LogP contribution in [-0.4, -0.2) is 56.5 Å². The summed E-state index contributed by atoms with van der Waals surface area (Å²) in [6, 6.07) is 3.21. The minimum atomic E-state index is -0.0398. The highest BCUT2D eigenvalue weighted by atomic mass is 35.5. The number of nitrogen functional groups attached to an aromatic ring is 1. The van der Waals surface area contributed by atoms with Crippen LogP contribution in [0.1, 0.15) is 23.2 Å². The van der Waals surface area contributed by atoms with Gasteiger partial charge in [-0.05, 0) is 38.9 Å². The molecule has 1 fully saturated rings. The first-order valence-electron chi connectivity index (χ1n) is 7.49. The second-order valence-electron chi connectivity index (χ2n) is 6.07. The van der Waals surface area contributed by atoms with E-state index in [-0.39, 0.29) is 5.91 Å². The maximum atomic E-state index is 12.7. The number of methoxy groups -OCH3 is 1. The van der Waals surface area contributed by atoms with Gasteiger partial charge in [0.05, 0.1) is 23.4 Å². The van der Waals surface area contributed by atoms with E-state index in [0.29, 0.717) is 27.9 Å². The number of carbonyl (C=O) groups is 1. The second-order valence-corrected chi connectivity index (χ2v) is 6.48. The number of ether oxygens (including phenoxy) is 1. The predicted octanol–water partition coefficient (Wildman–Crippen LogP) is 2.34. The van der Waals surface area contributed by atoms with Gasteiger partial charge in [-0.2, -0.15) is 0 Å². The summed E-state index contributed by atoms with van der Waals surface area (Å²) in [5, 5.41) is 0.381. The van der Waals surface area contributed by atoms with E-state index in [0.717, 1.165) is 32.5 Å². The fraction of sp³-hybridized carbons (Fsp3) is 0.562. The van der Waals surface area contributed by atoms with E-state index < -0.39 is 0 Å². The van der Waals surface area contributed by atoms with Gasteiger partial charge in [0.2, 0.25) is 0 Å². The number of halogens is 1. The van der Waals surface area contributed by atoms with Crippen molar-refractivity contribution < 1.29 is 9.53 Å². The summed E-state index contributed by atoms with van der Waals surface area (Å²) in [6.45, 7) is 2.60. The molecule has 0 bridgehead atoms. The van der Waals surface area contributed by atoms with Gasteiger partial charge in [0, 0.05) is 25.7 Å². The van der Waals surface area contributed by atoms with Crippen LogP contribution in [0.25, 0.3) is 0 Å². The molecule has 1 aliphatic rings. The van der Waals surface area contributed by atoms with Crippen molar-refractivity contribution in [3.05, 3.63) is 22.7 Å². The molecule has 1 aliphatic heterocycles. The van der Waals surface area contributed by atoms with E-state index in [1.54, 1.807) is 12.1 Å².